The maximum atomic E-state index is 3.72. The van der Waals surface area contributed by atoms with Gasteiger partial charge in [-0.25, -0.2) is 0 Å². The van der Waals surface area contributed by atoms with Gasteiger partial charge in [-0.05, 0) is 40.8 Å². The Balaban J connectivity index is 1.84. The minimum absolute atomic E-state index is 0.235. The van der Waals surface area contributed by atoms with E-state index in [0.29, 0.717) is 0 Å². The Hall–Kier alpha value is -2.54. The molecule has 1 aliphatic rings. The van der Waals surface area contributed by atoms with Gasteiger partial charge in [-0.3, -0.25) is 0 Å². The molecule has 1 aliphatic carbocycles. The lowest BCUT2D eigenvalue weighted by atomic mass is 10.0. The van der Waals surface area contributed by atoms with E-state index in [0.717, 1.165) is 0 Å². The first-order valence-electron chi connectivity index (χ1n) is 7.35. The summed E-state index contributed by atoms with van der Waals surface area (Å²) < 4.78 is 0. The van der Waals surface area contributed by atoms with E-state index in [-0.39, 0.29) is 6.04 Å². The van der Waals surface area contributed by atoms with Crippen LogP contribution in [0.4, 0.5) is 5.69 Å². The molecule has 3 aromatic carbocycles. The summed E-state index contributed by atoms with van der Waals surface area (Å²) >= 11 is 0. The monoisotopic (exact) mass is 271 g/mol. The number of anilines is 1. The molecule has 0 aromatic heterocycles. The molecule has 102 valence electrons. The van der Waals surface area contributed by atoms with Crippen LogP contribution in [0.15, 0.2) is 72.8 Å². The Labute approximate surface area is 125 Å². The normalized spacial score (nSPS) is 12.8. The molecule has 0 atom stereocenters. The average Bonchev–Trinajstić information content (AvgIpc) is 2.85. The van der Waals surface area contributed by atoms with Crippen LogP contribution in [0.3, 0.4) is 0 Å². The van der Waals surface area contributed by atoms with Crippen LogP contribution in [-0.2, 0) is 0 Å². The van der Waals surface area contributed by atoms with Crippen LogP contribution in [0.25, 0.3) is 11.1 Å². The SMILES string of the molecule is Cc1ccccc1NC1c2ccccc2-c2ccccc21. The van der Waals surface area contributed by atoms with E-state index < -0.39 is 0 Å². The number of benzene rings is 3. The quantitative estimate of drug-likeness (QED) is 0.677. The Bertz CT molecular complexity index is 759. The molecule has 1 nitrogen and oxygen atoms in total. The maximum Gasteiger partial charge on any atom is 0.0779 e. The fraction of sp³-hybridized carbons (Fsp3) is 0.100. The zero-order valence-corrected chi connectivity index (χ0v) is 12.0. The molecule has 0 heterocycles. The van der Waals surface area contributed by atoms with Gasteiger partial charge in [0.2, 0.25) is 0 Å². The van der Waals surface area contributed by atoms with Crippen molar-refractivity contribution in [3.05, 3.63) is 89.5 Å². The van der Waals surface area contributed by atoms with E-state index in [1.807, 2.05) is 0 Å². The Morgan fingerprint density at radius 2 is 1.19 bits per heavy atom. The fourth-order valence-corrected chi connectivity index (χ4v) is 3.20. The van der Waals surface area contributed by atoms with Gasteiger partial charge in [0.1, 0.15) is 0 Å². The first-order chi connectivity index (χ1) is 10.3. The minimum Gasteiger partial charge on any atom is -0.374 e. The number of aryl methyl sites for hydroxylation is 1. The van der Waals surface area contributed by atoms with E-state index >= 15 is 0 Å². The van der Waals surface area contributed by atoms with Gasteiger partial charge >= 0.3 is 0 Å². The van der Waals surface area contributed by atoms with Crippen LogP contribution in [0.5, 0.6) is 0 Å². The third kappa shape index (κ3) is 1.93. The molecule has 0 unspecified atom stereocenters. The van der Waals surface area contributed by atoms with Crippen LogP contribution in [0.1, 0.15) is 22.7 Å². The van der Waals surface area contributed by atoms with E-state index in [1.54, 1.807) is 0 Å². The van der Waals surface area contributed by atoms with E-state index in [2.05, 4.69) is 85.0 Å². The second-order valence-corrected chi connectivity index (χ2v) is 5.57. The van der Waals surface area contributed by atoms with Gasteiger partial charge in [-0.15, -0.1) is 0 Å². The first kappa shape index (κ1) is 12.2. The van der Waals surface area contributed by atoms with Crippen molar-refractivity contribution < 1.29 is 0 Å². The van der Waals surface area contributed by atoms with Gasteiger partial charge in [-0.1, -0.05) is 66.7 Å². The van der Waals surface area contributed by atoms with Crippen LogP contribution < -0.4 is 5.32 Å². The fourth-order valence-electron chi connectivity index (χ4n) is 3.20. The smallest absolute Gasteiger partial charge is 0.0779 e. The molecule has 21 heavy (non-hydrogen) atoms. The maximum absolute atomic E-state index is 3.72. The van der Waals surface area contributed by atoms with Crippen LogP contribution >= 0.6 is 0 Å². The van der Waals surface area contributed by atoms with Crippen molar-refractivity contribution in [2.24, 2.45) is 0 Å². The summed E-state index contributed by atoms with van der Waals surface area (Å²) in [6, 6.07) is 26.1. The van der Waals surface area contributed by atoms with Crippen molar-refractivity contribution in [1.29, 1.82) is 0 Å². The third-order valence-corrected chi connectivity index (χ3v) is 4.28. The van der Waals surface area contributed by atoms with E-state index in [9.17, 15) is 0 Å². The molecule has 4 rings (SSSR count). The molecule has 3 aromatic rings. The highest BCUT2D eigenvalue weighted by atomic mass is 14.9. The summed E-state index contributed by atoms with van der Waals surface area (Å²) in [7, 11) is 0. The van der Waals surface area contributed by atoms with Crippen molar-refractivity contribution in [2.45, 2.75) is 13.0 Å². The highest BCUT2D eigenvalue weighted by Crippen LogP contribution is 2.44. The third-order valence-electron chi connectivity index (χ3n) is 4.28. The molecule has 0 aliphatic heterocycles. The summed E-state index contributed by atoms with van der Waals surface area (Å²) in [4.78, 5) is 0. The van der Waals surface area contributed by atoms with Crippen molar-refractivity contribution >= 4 is 5.69 Å². The lowest BCUT2D eigenvalue weighted by Gasteiger charge is -2.18. The summed E-state index contributed by atoms with van der Waals surface area (Å²) in [6.07, 6.45) is 0. The number of nitrogens with one attached hydrogen (secondary N) is 1. The van der Waals surface area contributed by atoms with Gasteiger partial charge in [0.25, 0.3) is 0 Å². The van der Waals surface area contributed by atoms with Crippen molar-refractivity contribution in [2.75, 3.05) is 5.32 Å². The lowest BCUT2D eigenvalue weighted by molar-refractivity contribution is 0.970. The second-order valence-electron chi connectivity index (χ2n) is 5.57. The molecular weight excluding hydrogens is 254 g/mol. The summed E-state index contributed by atoms with van der Waals surface area (Å²) in [6.45, 7) is 2.15. The van der Waals surface area contributed by atoms with Gasteiger partial charge in [0, 0.05) is 5.69 Å². The Kier molecular flexibility index (Phi) is 2.78. The molecule has 1 heteroatoms. The summed E-state index contributed by atoms with van der Waals surface area (Å²) in [5.41, 5.74) is 7.90. The number of hydrogen-bond acceptors (Lipinski definition) is 1. The first-order valence-corrected chi connectivity index (χ1v) is 7.35. The average molecular weight is 271 g/mol. The zero-order chi connectivity index (χ0) is 14.2. The van der Waals surface area contributed by atoms with Gasteiger partial charge in [0.15, 0.2) is 0 Å². The second kappa shape index (κ2) is 4.78. The number of rotatable bonds is 2. The molecule has 0 amide bonds. The minimum atomic E-state index is 0.235. The zero-order valence-electron chi connectivity index (χ0n) is 12.0. The Morgan fingerprint density at radius 1 is 0.667 bits per heavy atom. The molecule has 0 fully saturated rings. The predicted octanol–water partition coefficient (Wildman–Crippen LogP) is 5.18. The molecule has 0 spiro atoms. The number of para-hydroxylation sites is 1. The predicted molar refractivity (Wildman–Crippen MR) is 88.5 cm³/mol. The van der Waals surface area contributed by atoms with Gasteiger partial charge in [-0.2, -0.15) is 0 Å². The number of hydrogen-bond donors (Lipinski definition) is 1. The molecule has 0 bridgehead atoms. The summed E-state index contributed by atoms with van der Waals surface area (Å²) in [5.74, 6) is 0. The molecule has 0 saturated carbocycles. The number of fused-ring (bicyclic) bond motifs is 3. The van der Waals surface area contributed by atoms with E-state index in [4.69, 9.17) is 0 Å². The van der Waals surface area contributed by atoms with Crippen LogP contribution in [-0.4, -0.2) is 0 Å². The van der Waals surface area contributed by atoms with E-state index in [1.165, 1.54) is 33.5 Å². The van der Waals surface area contributed by atoms with Crippen LogP contribution in [0, 0.1) is 6.92 Å². The standard InChI is InChI=1S/C20H17N/c1-14-8-2-7-13-19(14)21-20-17-11-5-3-9-15(17)16-10-4-6-12-18(16)20/h2-13,20-21H,1H3. The highest BCUT2D eigenvalue weighted by Gasteiger charge is 2.27. The van der Waals surface area contributed by atoms with Gasteiger partial charge in [0.05, 0.1) is 6.04 Å². The Morgan fingerprint density at radius 3 is 1.81 bits per heavy atom. The van der Waals surface area contributed by atoms with Crippen molar-refractivity contribution in [3.63, 3.8) is 0 Å². The topological polar surface area (TPSA) is 12.0 Å². The highest BCUT2D eigenvalue weighted by molar-refractivity contribution is 5.80. The molecular formula is C20H17N. The van der Waals surface area contributed by atoms with Crippen molar-refractivity contribution in [3.8, 4) is 11.1 Å². The largest absolute Gasteiger partial charge is 0.374 e. The summed E-state index contributed by atoms with van der Waals surface area (Å²) in [5, 5.41) is 3.72. The van der Waals surface area contributed by atoms with Gasteiger partial charge < -0.3 is 5.32 Å². The molecule has 0 saturated heterocycles. The lowest BCUT2D eigenvalue weighted by Crippen LogP contribution is -2.10. The molecule has 0 radical (unpaired) electrons. The molecule has 1 N–H and O–H groups in total. The van der Waals surface area contributed by atoms with Crippen LogP contribution in [0.2, 0.25) is 0 Å². The van der Waals surface area contributed by atoms with Crippen molar-refractivity contribution in [1.82, 2.24) is 0 Å².